The summed E-state index contributed by atoms with van der Waals surface area (Å²) >= 11 is 1.43. The molecule has 0 aliphatic carbocycles. The van der Waals surface area contributed by atoms with Gasteiger partial charge in [0.05, 0.1) is 30.4 Å². The molecule has 0 aliphatic heterocycles. The second-order valence-electron chi connectivity index (χ2n) is 4.65. The maximum absolute atomic E-state index is 12.2. The third-order valence-corrected chi connectivity index (χ3v) is 4.07. The average Bonchev–Trinajstić information content (AvgIpc) is 3.21. The number of hydrogen-bond donors (Lipinski definition) is 1. The Bertz CT molecular complexity index is 828. The summed E-state index contributed by atoms with van der Waals surface area (Å²) < 4.78 is 10.7. The number of hydrogen-bond acceptors (Lipinski definition) is 7. The molecule has 1 amide bonds. The van der Waals surface area contributed by atoms with Crippen LogP contribution < -0.4 is 10.1 Å². The largest absolute Gasteiger partial charge is 0.496 e. The van der Waals surface area contributed by atoms with Crippen LogP contribution in [0.15, 0.2) is 34.2 Å². The molecule has 3 aromatic rings. The molecule has 23 heavy (non-hydrogen) atoms. The van der Waals surface area contributed by atoms with Crippen molar-refractivity contribution in [3.63, 3.8) is 0 Å². The molecule has 1 aromatic carbocycles. The van der Waals surface area contributed by atoms with Crippen molar-refractivity contribution in [2.24, 2.45) is 0 Å². The summed E-state index contributed by atoms with van der Waals surface area (Å²) in [7, 11) is 1.52. The van der Waals surface area contributed by atoms with Crippen molar-refractivity contribution in [3.05, 3.63) is 46.9 Å². The van der Waals surface area contributed by atoms with Gasteiger partial charge in [0.25, 0.3) is 11.8 Å². The minimum atomic E-state index is -0.267. The van der Waals surface area contributed by atoms with Crippen molar-refractivity contribution in [2.75, 3.05) is 7.11 Å². The molecule has 0 bridgehead atoms. The second kappa shape index (κ2) is 6.57. The minimum Gasteiger partial charge on any atom is -0.496 e. The van der Waals surface area contributed by atoms with Crippen LogP contribution in [-0.4, -0.2) is 28.2 Å². The Labute approximate surface area is 136 Å². The van der Waals surface area contributed by atoms with E-state index in [1.165, 1.54) is 18.4 Å². The molecule has 2 heterocycles. The lowest BCUT2D eigenvalue weighted by Crippen LogP contribution is -2.23. The Morgan fingerprint density at radius 1 is 1.35 bits per heavy atom. The first-order valence-corrected chi connectivity index (χ1v) is 7.71. The van der Waals surface area contributed by atoms with Gasteiger partial charge in [-0.2, -0.15) is 0 Å². The van der Waals surface area contributed by atoms with Crippen LogP contribution in [0.3, 0.4) is 0 Å². The van der Waals surface area contributed by atoms with E-state index in [2.05, 4.69) is 20.5 Å². The topological polar surface area (TPSA) is 90.1 Å². The minimum absolute atomic E-state index is 0.141. The molecular formula is C15H14N4O3S. The number of carbonyl (C=O) groups is 1. The monoisotopic (exact) mass is 330 g/mol. The first-order chi connectivity index (χ1) is 11.2. The van der Waals surface area contributed by atoms with Gasteiger partial charge in [-0.25, -0.2) is 4.98 Å². The fourth-order valence-electron chi connectivity index (χ4n) is 2.01. The van der Waals surface area contributed by atoms with Crippen molar-refractivity contribution in [2.45, 2.75) is 13.5 Å². The number of methoxy groups -OCH3 is 1. The Morgan fingerprint density at radius 2 is 2.17 bits per heavy atom. The number of ether oxygens (including phenoxy) is 1. The normalized spacial score (nSPS) is 10.5. The number of para-hydroxylation sites is 1. The highest BCUT2D eigenvalue weighted by Gasteiger charge is 2.15. The molecule has 7 nitrogen and oxygen atoms in total. The van der Waals surface area contributed by atoms with Crippen molar-refractivity contribution >= 4 is 17.2 Å². The van der Waals surface area contributed by atoms with E-state index < -0.39 is 0 Å². The van der Waals surface area contributed by atoms with E-state index in [1.807, 2.05) is 6.92 Å². The van der Waals surface area contributed by atoms with Crippen LogP contribution in [0, 0.1) is 6.92 Å². The summed E-state index contributed by atoms with van der Waals surface area (Å²) in [6.45, 7) is 2.01. The molecule has 0 saturated heterocycles. The number of amides is 1. The van der Waals surface area contributed by atoms with E-state index in [4.69, 9.17) is 9.15 Å². The van der Waals surface area contributed by atoms with Gasteiger partial charge in [0, 0.05) is 0 Å². The van der Waals surface area contributed by atoms with Crippen molar-refractivity contribution in [3.8, 4) is 16.5 Å². The number of nitrogens with zero attached hydrogens (tertiary/aromatic N) is 3. The van der Waals surface area contributed by atoms with Gasteiger partial charge in [0.15, 0.2) is 0 Å². The zero-order valence-electron chi connectivity index (χ0n) is 12.6. The second-order valence-corrected chi connectivity index (χ2v) is 5.51. The van der Waals surface area contributed by atoms with Gasteiger partial charge in [-0.3, -0.25) is 4.79 Å². The summed E-state index contributed by atoms with van der Waals surface area (Å²) in [6.07, 6.45) is 0. The van der Waals surface area contributed by atoms with Gasteiger partial charge in [-0.05, 0) is 19.1 Å². The lowest BCUT2D eigenvalue weighted by Gasteiger charge is -2.07. The van der Waals surface area contributed by atoms with Crippen LogP contribution >= 0.6 is 11.3 Å². The van der Waals surface area contributed by atoms with Gasteiger partial charge < -0.3 is 14.5 Å². The molecule has 0 radical (unpaired) electrons. The molecule has 0 unspecified atom stereocenters. The number of benzene rings is 1. The lowest BCUT2D eigenvalue weighted by molar-refractivity contribution is 0.0944. The van der Waals surface area contributed by atoms with Crippen molar-refractivity contribution in [1.82, 2.24) is 20.5 Å². The standard InChI is InChI=1S/C15H14N4O3S/c1-9-13(23-8-17-9)15-19-18-12(22-15)7-16-14(20)10-5-3-4-6-11(10)21-2/h3-6,8H,7H2,1-2H3,(H,16,20). The van der Waals surface area contributed by atoms with E-state index in [1.54, 1.807) is 29.8 Å². The molecule has 0 fully saturated rings. The van der Waals surface area contributed by atoms with Gasteiger partial charge in [0.1, 0.15) is 10.6 Å². The van der Waals surface area contributed by atoms with Crippen molar-refractivity contribution in [1.29, 1.82) is 0 Å². The maximum Gasteiger partial charge on any atom is 0.259 e. The van der Waals surface area contributed by atoms with E-state index >= 15 is 0 Å². The van der Waals surface area contributed by atoms with Gasteiger partial charge in [-0.1, -0.05) is 12.1 Å². The highest BCUT2D eigenvalue weighted by Crippen LogP contribution is 2.25. The molecule has 0 aliphatic rings. The van der Waals surface area contributed by atoms with Crippen LogP contribution in [-0.2, 0) is 6.54 Å². The predicted molar refractivity (Wildman–Crippen MR) is 84.3 cm³/mol. The fourth-order valence-corrected chi connectivity index (χ4v) is 2.73. The molecule has 2 aromatic heterocycles. The Morgan fingerprint density at radius 3 is 2.91 bits per heavy atom. The third kappa shape index (κ3) is 3.21. The molecule has 1 N–H and O–H groups in total. The third-order valence-electron chi connectivity index (χ3n) is 3.16. The van der Waals surface area contributed by atoms with Gasteiger partial charge >= 0.3 is 0 Å². The first-order valence-electron chi connectivity index (χ1n) is 6.83. The van der Waals surface area contributed by atoms with E-state index in [0.29, 0.717) is 23.1 Å². The number of aromatic nitrogens is 3. The summed E-state index contributed by atoms with van der Waals surface area (Å²) in [6, 6.07) is 6.99. The number of thiazole rings is 1. The maximum atomic E-state index is 12.2. The highest BCUT2D eigenvalue weighted by atomic mass is 32.1. The zero-order valence-corrected chi connectivity index (χ0v) is 13.4. The van der Waals surface area contributed by atoms with Crippen LogP contribution in [0.2, 0.25) is 0 Å². The van der Waals surface area contributed by atoms with Crippen LogP contribution in [0.4, 0.5) is 0 Å². The van der Waals surface area contributed by atoms with E-state index in [9.17, 15) is 4.79 Å². The van der Waals surface area contributed by atoms with Gasteiger partial charge in [-0.15, -0.1) is 21.5 Å². The van der Waals surface area contributed by atoms with Crippen LogP contribution in [0.25, 0.3) is 10.8 Å². The SMILES string of the molecule is COc1ccccc1C(=O)NCc1nnc(-c2scnc2C)o1. The average molecular weight is 330 g/mol. The molecule has 118 valence electrons. The van der Waals surface area contributed by atoms with E-state index in [-0.39, 0.29) is 12.5 Å². The van der Waals surface area contributed by atoms with Crippen molar-refractivity contribution < 1.29 is 13.9 Å². The lowest BCUT2D eigenvalue weighted by atomic mass is 10.2. The summed E-state index contributed by atoms with van der Waals surface area (Å²) in [5.41, 5.74) is 3.01. The summed E-state index contributed by atoms with van der Waals surface area (Å²) in [5.74, 6) is 0.982. The Balaban J connectivity index is 1.68. The number of nitrogens with one attached hydrogen (secondary N) is 1. The molecule has 0 saturated carbocycles. The van der Waals surface area contributed by atoms with E-state index in [0.717, 1.165) is 10.6 Å². The molecule has 0 spiro atoms. The van der Waals surface area contributed by atoms with Gasteiger partial charge in [0.2, 0.25) is 5.89 Å². The summed E-state index contributed by atoms with van der Waals surface area (Å²) in [4.78, 5) is 17.2. The molecule has 0 atom stereocenters. The summed E-state index contributed by atoms with van der Waals surface area (Å²) in [5, 5.41) is 10.7. The fraction of sp³-hybridized carbons (Fsp3) is 0.200. The predicted octanol–water partition coefficient (Wildman–Crippen LogP) is 2.44. The number of aryl methyl sites for hydroxylation is 1. The highest BCUT2D eigenvalue weighted by molar-refractivity contribution is 7.13. The zero-order chi connectivity index (χ0) is 16.2. The Kier molecular flexibility index (Phi) is 4.33. The molecule has 8 heteroatoms. The smallest absolute Gasteiger partial charge is 0.259 e. The number of rotatable bonds is 5. The molecular weight excluding hydrogens is 316 g/mol. The quantitative estimate of drug-likeness (QED) is 0.773. The van der Waals surface area contributed by atoms with Crippen LogP contribution in [0.5, 0.6) is 5.75 Å². The van der Waals surface area contributed by atoms with Crippen LogP contribution in [0.1, 0.15) is 21.9 Å². The Hall–Kier alpha value is -2.74. The molecule has 3 rings (SSSR count). The first kappa shape index (κ1) is 15.2. The number of carbonyl (C=O) groups excluding carboxylic acids is 1.